The van der Waals surface area contributed by atoms with E-state index in [-0.39, 0.29) is 0 Å². The number of methoxy groups -OCH3 is 1. The van der Waals surface area contributed by atoms with Crippen LogP contribution in [0.3, 0.4) is 0 Å². The molecule has 0 radical (unpaired) electrons. The van der Waals surface area contributed by atoms with Crippen LogP contribution < -0.4 is 4.74 Å². The lowest BCUT2D eigenvalue weighted by Crippen LogP contribution is -1.81. The van der Waals surface area contributed by atoms with Crippen LogP contribution in [0.1, 0.15) is 0 Å². The third kappa shape index (κ3) is 1.48. The molecular weight excluding hydrogens is 238 g/mol. The highest BCUT2D eigenvalue weighted by Gasteiger charge is 2.10. The Hall–Kier alpha value is -2.55. The maximum absolute atomic E-state index is 5.79. The summed E-state index contributed by atoms with van der Waals surface area (Å²) in [6.07, 6.45) is 0. The van der Waals surface area contributed by atoms with Crippen LogP contribution in [0.5, 0.6) is 5.75 Å². The fourth-order valence-electron chi connectivity index (χ4n) is 2.41. The first-order valence-corrected chi connectivity index (χ1v) is 6.11. The molecule has 0 amide bonds. The van der Waals surface area contributed by atoms with Crippen molar-refractivity contribution in [3.8, 4) is 5.75 Å². The summed E-state index contributed by atoms with van der Waals surface area (Å²) < 4.78 is 11.1. The van der Waals surface area contributed by atoms with Crippen molar-refractivity contribution >= 4 is 33.0 Å². The molecule has 0 aliphatic carbocycles. The quantitative estimate of drug-likeness (QED) is 0.508. The number of ether oxygens (including phenoxy) is 1. The van der Waals surface area contributed by atoms with E-state index in [2.05, 4.69) is 17.1 Å². The van der Waals surface area contributed by atoms with Crippen LogP contribution in [0.25, 0.3) is 33.0 Å². The van der Waals surface area contributed by atoms with Crippen molar-refractivity contribution in [2.75, 3.05) is 7.11 Å². The van der Waals surface area contributed by atoms with E-state index in [1.807, 2.05) is 36.4 Å². The van der Waals surface area contributed by atoms with Gasteiger partial charge in [0.1, 0.15) is 11.3 Å². The summed E-state index contributed by atoms with van der Waals surface area (Å²) in [5.74, 6) is 0.823. The number of rotatable bonds is 1. The molecule has 4 aromatic rings. The van der Waals surface area contributed by atoms with Crippen molar-refractivity contribution in [3.63, 3.8) is 0 Å². The Kier molecular flexibility index (Phi) is 2.03. The Morgan fingerprint density at radius 1 is 1.00 bits per heavy atom. The number of aromatic nitrogens is 1. The molecule has 92 valence electrons. The number of para-hydroxylation sites is 1. The molecule has 0 unspecified atom stereocenters. The SMILES string of the molecule is COc1ccc2oc3nc4ccccc4cc3c2c1. The van der Waals surface area contributed by atoms with Gasteiger partial charge in [0.25, 0.3) is 0 Å². The van der Waals surface area contributed by atoms with Gasteiger partial charge in [-0.3, -0.25) is 0 Å². The molecule has 3 heteroatoms. The van der Waals surface area contributed by atoms with Crippen LogP contribution in [0.4, 0.5) is 0 Å². The average Bonchev–Trinajstić information content (AvgIpc) is 2.81. The lowest BCUT2D eigenvalue weighted by Gasteiger charge is -1.98. The molecule has 0 saturated carbocycles. The zero-order chi connectivity index (χ0) is 12.8. The molecule has 3 nitrogen and oxygen atoms in total. The van der Waals surface area contributed by atoms with Gasteiger partial charge in [-0.1, -0.05) is 18.2 Å². The number of hydrogen-bond acceptors (Lipinski definition) is 3. The second-order valence-corrected chi connectivity index (χ2v) is 4.50. The number of nitrogens with zero attached hydrogens (tertiary/aromatic N) is 1. The molecule has 0 saturated heterocycles. The highest BCUT2D eigenvalue weighted by molar-refractivity contribution is 6.07. The first-order valence-electron chi connectivity index (χ1n) is 6.11. The summed E-state index contributed by atoms with van der Waals surface area (Å²) in [5.41, 5.74) is 2.45. The molecule has 0 fully saturated rings. The van der Waals surface area contributed by atoms with Crippen molar-refractivity contribution in [2.24, 2.45) is 0 Å². The van der Waals surface area contributed by atoms with Crippen LogP contribution in [0.2, 0.25) is 0 Å². The number of pyridine rings is 1. The van der Waals surface area contributed by atoms with E-state index in [1.165, 1.54) is 0 Å². The fourth-order valence-corrected chi connectivity index (χ4v) is 2.41. The molecule has 0 spiro atoms. The summed E-state index contributed by atoms with van der Waals surface area (Å²) >= 11 is 0. The molecule has 0 aliphatic heterocycles. The molecule has 0 atom stereocenters. The van der Waals surface area contributed by atoms with E-state index >= 15 is 0 Å². The van der Waals surface area contributed by atoms with Crippen LogP contribution in [-0.2, 0) is 0 Å². The highest BCUT2D eigenvalue weighted by Crippen LogP contribution is 2.32. The van der Waals surface area contributed by atoms with Gasteiger partial charge in [0, 0.05) is 16.2 Å². The number of furan rings is 1. The minimum Gasteiger partial charge on any atom is -0.497 e. The number of benzene rings is 2. The van der Waals surface area contributed by atoms with Crippen LogP contribution in [0.15, 0.2) is 52.9 Å². The first kappa shape index (κ1) is 10.4. The van der Waals surface area contributed by atoms with E-state index in [0.29, 0.717) is 5.71 Å². The summed E-state index contributed by atoms with van der Waals surface area (Å²) in [5, 5.41) is 3.17. The van der Waals surface area contributed by atoms with Gasteiger partial charge in [-0.15, -0.1) is 0 Å². The highest BCUT2D eigenvalue weighted by atomic mass is 16.5. The van der Waals surface area contributed by atoms with Crippen LogP contribution in [-0.4, -0.2) is 12.1 Å². The Labute approximate surface area is 109 Å². The van der Waals surface area contributed by atoms with Gasteiger partial charge in [0.2, 0.25) is 5.71 Å². The summed E-state index contributed by atoms with van der Waals surface area (Å²) in [6, 6.07) is 15.9. The lowest BCUT2D eigenvalue weighted by molar-refractivity contribution is 0.415. The van der Waals surface area contributed by atoms with E-state index in [1.54, 1.807) is 7.11 Å². The van der Waals surface area contributed by atoms with Crippen LogP contribution >= 0.6 is 0 Å². The molecule has 0 N–H and O–H groups in total. The average molecular weight is 249 g/mol. The summed E-state index contributed by atoms with van der Waals surface area (Å²) in [6.45, 7) is 0. The van der Waals surface area contributed by atoms with Crippen LogP contribution in [0, 0.1) is 0 Å². The van der Waals surface area contributed by atoms with Crippen molar-refractivity contribution in [1.29, 1.82) is 0 Å². The van der Waals surface area contributed by atoms with E-state index in [0.717, 1.165) is 33.0 Å². The zero-order valence-corrected chi connectivity index (χ0v) is 10.4. The Morgan fingerprint density at radius 3 is 2.79 bits per heavy atom. The zero-order valence-electron chi connectivity index (χ0n) is 10.4. The van der Waals surface area contributed by atoms with Crippen molar-refractivity contribution < 1.29 is 9.15 Å². The minimum atomic E-state index is 0.668. The third-order valence-electron chi connectivity index (χ3n) is 3.37. The predicted molar refractivity (Wildman–Crippen MR) is 75.6 cm³/mol. The topological polar surface area (TPSA) is 35.3 Å². The second-order valence-electron chi connectivity index (χ2n) is 4.50. The summed E-state index contributed by atoms with van der Waals surface area (Å²) in [7, 11) is 1.66. The van der Waals surface area contributed by atoms with Gasteiger partial charge in [0.05, 0.1) is 12.6 Å². The van der Waals surface area contributed by atoms with Gasteiger partial charge < -0.3 is 9.15 Å². The maximum Gasteiger partial charge on any atom is 0.227 e. The molecule has 2 aromatic carbocycles. The Bertz CT molecular complexity index is 908. The first-order chi connectivity index (χ1) is 9.35. The standard InChI is InChI=1S/C16H11NO2/c1-18-11-6-7-15-12(9-11)13-8-10-4-2-3-5-14(10)17-16(13)19-15/h2-9H,1H3. The lowest BCUT2D eigenvalue weighted by atomic mass is 10.1. The molecule has 2 heterocycles. The van der Waals surface area contributed by atoms with E-state index in [9.17, 15) is 0 Å². The Balaban J connectivity index is 2.17. The van der Waals surface area contributed by atoms with Crippen molar-refractivity contribution in [2.45, 2.75) is 0 Å². The van der Waals surface area contributed by atoms with Gasteiger partial charge in [-0.2, -0.15) is 0 Å². The Morgan fingerprint density at radius 2 is 1.89 bits per heavy atom. The van der Waals surface area contributed by atoms with Gasteiger partial charge in [-0.05, 0) is 30.3 Å². The minimum absolute atomic E-state index is 0.668. The molecule has 4 rings (SSSR count). The predicted octanol–water partition coefficient (Wildman–Crippen LogP) is 4.14. The van der Waals surface area contributed by atoms with Crippen molar-refractivity contribution in [3.05, 3.63) is 48.5 Å². The third-order valence-corrected chi connectivity index (χ3v) is 3.37. The van der Waals surface area contributed by atoms with E-state index in [4.69, 9.17) is 9.15 Å². The van der Waals surface area contributed by atoms with Crippen molar-refractivity contribution in [1.82, 2.24) is 4.98 Å². The fraction of sp³-hybridized carbons (Fsp3) is 0.0625. The molecule has 0 aliphatic rings. The summed E-state index contributed by atoms with van der Waals surface area (Å²) in [4.78, 5) is 4.56. The monoisotopic (exact) mass is 249 g/mol. The molecule has 19 heavy (non-hydrogen) atoms. The van der Waals surface area contributed by atoms with Gasteiger partial charge >= 0.3 is 0 Å². The van der Waals surface area contributed by atoms with Gasteiger partial charge in [-0.25, -0.2) is 4.98 Å². The number of hydrogen-bond donors (Lipinski definition) is 0. The number of fused-ring (bicyclic) bond motifs is 4. The maximum atomic E-state index is 5.79. The second kappa shape index (κ2) is 3.72. The largest absolute Gasteiger partial charge is 0.497 e. The normalized spacial score (nSPS) is 11.4. The molecule has 0 bridgehead atoms. The van der Waals surface area contributed by atoms with E-state index < -0.39 is 0 Å². The smallest absolute Gasteiger partial charge is 0.227 e. The molecule has 2 aromatic heterocycles. The molecular formula is C16H11NO2. The van der Waals surface area contributed by atoms with Gasteiger partial charge in [0.15, 0.2) is 0 Å².